The molecule has 3 rings (SSSR count). The van der Waals surface area contributed by atoms with Gasteiger partial charge in [0.05, 0.1) is 18.2 Å². The van der Waals surface area contributed by atoms with Crippen LogP contribution in [0.25, 0.3) is 11.3 Å². The fraction of sp³-hybridized carbons (Fsp3) is 0.318. The maximum Gasteiger partial charge on any atom is 0.268 e. The Kier molecular flexibility index (Phi) is 6.89. The standard InChI is InChI=1S/C22H24BrN3O4/c1-4-12(2)18(11-27)25-22(29)17-9-15(10-24-17)21(28)19-13(3)30-26-20(19)14-5-7-16(23)8-6-14/h5-10,12,18,24,27H,4,11H2,1-3H3,(H,25,29)/t12-,18-/m1/s1. The van der Waals surface area contributed by atoms with E-state index in [2.05, 4.69) is 31.4 Å². The van der Waals surface area contributed by atoms with Crippen molar-refractivity contribution in [3.8, 4) is 11.3 Å². The summed E-state index contributed by atoms with van der Waals surface area (Å²) in [6.07, 6.45) is 2.32. The predicted octanol–water partition coefficient (Wildman–Crippen LogP) is 4.11. The highest BCUT2D eigenvalue weighted by atomic mass is 79.9. The maximum atomic E-state index is 13.2. The van der Waals surface area contributed by atoms with Crippen molar-refractivity contribution in [2.24, 2.45) is 5.92 Å². The summed E-state index contributed by atoms with van der Waals surface area (Å²) < 4.78 is 6.20. The van der Waals surface area contributed by atoms with E-state index in [9.17, 15) is 14.7 Å². The largest absolute Gasteiger partial charge is 0.394 e. The summed E-state index contributed by atoms with van der Waals surface area (Å²) in [5.41, 5.74) is 2.14. The Labute approximate surface area is 183 Å². The smallest absolute Gasteiger partial charge is 0.268 e. The highest BCUT2D eigenvalue weighted by Crippen LogP contribution is 2.28. The Balaban J connectivity index is 1.84. The number of amides is 1. The van der Waals surface area contributed by atoms with Crippen LogP contribution in [0, 0.1) is 12.8 Å². The third-order valence-electron chi connectivity index (χ3n) is 5.24. The third-order valence-corrected chi connectivity index (χ3v) is 5.77. The Morgan fingerprint density at radius 1 is 1.30 bits per heavy atom. The number of ketones is 1. The first kappa shape index (κ1) is 22.0. The number of benzene rings is 1. The molecule has 7 nitrogen and oxygen atoms in total. The molecule has 0 bridgehead atoms. The van der Waals surface area contributed by atoms with Gasteiger partial charge in [0.25, 0.3) is 5.91 Å². The first-order valence-corrected chi connectivity index (χ1v) is 10.5. The zero-order chi connectivity index (χ0) is 21.8. The quantitative estimate of drug-likeness (QED) is 0.426. The van der Waals surface area contributed by atoms with E-state index < -0.39 is 0 Å². The Morgan fingerprint density at radius 3 is 2.63 bits per heavy atom. The minimum Gasteiger partial charge on any atom is -0.394 e. The second kappa shape index (κ2) is 9.40. The molecule has 0 saturated heterocycles. The molecule has 158 valence electrons. The summed E-state index contributed by atoms with van der Waals surface area (Å²) in [5, 5.41) is 16.4. The van der Waals surface area contributed by atoms with E-state index in [0.29, 0.717) is 22.6 Å². The Morgan fingerprint density at radius 2 is 2.00 bits per heavy atom. The summed E-state index contributed by atoms with van der Waals surface area (Å²) in [6, 6.07) is 8.56. The number of aromatic amines is 1. The molecule has 0 radical (unpaired) electrons. The molecule has 1 aromatic carbocycles. The van der Waals surface area contributed by atoms with E-state index in [-0.39, 0.29) is 36.0 Å². The molecule has 0 spiro atoms. The number of aryl methyl sites for hydroxylation is 1. The molecular formula is C22H24BrN3O4. The van der Waals surface area contributed by atoms with Crippen molar-refractivity contribution in [3.05, 3.63) is 63.6 Å². The summed E-state index contributed by atoms with van der Waals surface area (Å²) in [6.45, 7) is 5.49. The van der Waals surface area contributed by atoms with Gasteiger partial charge in [-0.25, -0.2) is 0 Å². The zero-order valence-electron chi connectivity index (χ0n) is 17.0. The molecular weight excluding hydrogens is 450 g/mol. The number of aliphatic hydroxyl groups excluding tert-OH is 1. The molecule has 30 heavy (non-hydrogen) atoms. The zero-order valence-corrected chi connectivity index (χ0v) is 18.6. The van der Waals surface area contributed by atoms with E-state index in [4.69, 9.17) is 4.52 Å². The van der Waals surface area contributed by atoms with Gasteiger partial charge in [0, 0.05) is 21.8 Å². The van der Waals surface area contributed by atoms with Crippen molar-refractivity contribution >= 4 is 27.6 Å². The summed E-state index contributed by atoms with van der Waals surface area (Å²) in [7, 11) is 0. The van der Waals surface area contributed by atoms with Crippen molar-refractivity contribution in [3.63, 3.8) is 0 Å². The lowest BCUT2D eigenvalue weighted by Gasteiger charge is -2.21. The fourth-order valence-corrected chi connectivity index (χ4v) is 3.41. The van der Waals surface area contributed by atoms with Crippen LogP contribution in [0.5, 0.6) is 0 Å². The predicted molar refractivity (Wildman–Crippen MR) is 116 cm³/mol. The van der Waals surface area contributed by atoms with Crippen LogP contribution < -0.4 is 5.32 Å². The molecule has 3 N–H and O–H groups in total. The molecule has 0 aliphatic rings. The number of H-pyrrole nitrogens is 1. The maximum absolute atomic E-state index is 13.2. The van der Waals surface area contributed by atoms with Crippen LogP contribution >= 0.6 is 15.9 Å². The topological polar surface area (TPSA) is 108 Å². The van der Waals surface area contributed by atoms with Gasteiger partial charge in [0.2, 0.25) is 0 Å². The molecule has 0 unspecified atom stereocenters. The van der Waals surface area contributed by atoms with E-state index in [1.54, 1.807) is 6.92 Å². The van der Waals surface area contributed by atoms with Crippen LogP contribution in [0.3, 0.4) is 0 Å². The van der Waals surface area contributed by atoms with E-state index in [1.165, 1.54) is 12.3 Å². The first-order chi connectivity index (χ1) is 14.3. The van der Waals surface area contributed by atoms with Gasteiger partial charge in [-0.15, -0.1) is 0 Å². The summed E-state index contributed by atoms with van der Waals surface area (Å²) in [4.78, 5) is 28.6. The van der Waals surface area contributed by atoms with Crippen molar-refractivity contribution < 1.29 is 19.2 Å². The molecule has 0 aliphatic carbocycles. The van der Waals surface area contributed by atoms with Gasteiger partial charge in [-0.3, -0.25) is 9.59 Å². The van der Waals surface area contributed by atoms with Crippen LogP contribution in [-0.4, -0.2) is 39.6 Å². The molecule has 3 aromatic rings. The number of aliphatic hydroxyl groups is 1. The van der Waals surface area contributed by atoms with Gasteiger partial charge < -0.3 is 19.9 Å². The van der Waals surface area contributed by atoms with Crippen LogP contribution in [-0.2, 0) is 0 Å². The molecule has 0 fully saturated rings. The van der Waals surface area contributed by atoms with Gasteiger partial charge >= 0.3 is 0 Å². The summed E-state index contributed by atoms with van der Waals surface area (Å²) >= 11 is 3.39. The monoisotopic (exact) mass is 473 g/mol. The molecule has 0 saturated carbocycles. The number of carbonyl (C=O) groups is 2. The van der Waals surface area contributed by atoms with Gasteiger partial charge in [0.15, 0.2) is 5.78 Å². The fourth-order valence-electron chi connectivity index (χ4n) is 3.14. The molecule has 2 heterocycles. The van der Waals surface area contributed by atoms with E-state index in [0.717, 1.165) is 16.5 Å². The lowest BCUT2D eigenvalue weighted by Crippen LogP contribution is -2.42. The van der Waals surface area contributed by atoms with Crippen LogP contribution in [0.2, 0.25) is 0 Å². The Bertz CT molecular complexity index is 1040. The van der Waals surface area contributed by atoms with Crippen molar-refractivity contribution in [2.75, 3.05) is 6.61 Å². The number of nitrogens with zero attached hydrogens (tertiary/aromatic N) is 1. The average molecular weight is 474 g/mol. The van der Waals surface area contributed by atoms with E-state index >= 15 is 0 Å². The number of hydrogen-bond donors (Lipinski definition) is 3. The lowest BCUT2D eigenvalue weighted by molar-refractivity contribution is 0.0887. The van der Waals surface area contributed by atoms with Crippen LogP contribution in [0.1, 0.15) is 52.4 Å². The molecule has 2 aromatic heterocycles. The number of nitrogens with one attached hydrogen (secondary N) is 2. The molecule has 1 amide bonds. The molecule has 8 heteroatoms. The normalized spacial score (nSPS) is 13.1. The van der Waals surface area contributed by atoms with Gasteiger partial charge in [-0.05, 0) is 31.0 Å². The number of hydrogen-bond acceptors (Lipinski definition) is 5. The Hall–Kier alpha value is -2.71. The number of rotatable bonds is 8. The minimum absolute atomic E-state index is 0.128. The first-order valence-electron chi connectivity index (χ1n) is 9.72. The number of carbonyl (C=O) groups excluding carboxylic acids is 2. The average Bonchev–Trinajstić information content (AvgIpc) is 3.38. The summed E-state index contributed by atoms with van der Waals surface area (Å²) in [5.74, 6) is -0.128. The van der Waals surface area contributed by atoms with Gasteiger partial charge in [-0.1, -0.05) is 53.5 Å². The van der Waals surface area contributed by atoms with Crippen molar-refractivity contribution in [1.82, 2.24) is 15.5 Å². The highest BCUT2D eigenvalue weighted by molar-refractivity contribution is 9.10. The number of aromatic nitrogens is 2. The molecule has 0 aliphatic heterocycles. The highest BCUT2D eigenvalue weighted by Gasteiger charge is 2.25. The lowest BCUT2D eigenvalue weighted by atomic mass is 9.99. The second-order valence-electron chi connectivity index (χ2n) is 7.25. The number of halogens is 1. The minimum atomic E-state index is -0.372. The van der Waals surface area contributed by atoms with Crippen LogP contribution in [0.15, 0.2) is 45.5 Å². The van der Waals surface area contributed by atoms with Gasteiger partial charge in [0.1, 0.15) is 17.1 Å². The molecule has 2 atom stereocenters. The van der Waals surface area contributed by atoms with Gasteiger partial charge in [-0.2, -0.15) is 0 Å². The second-order valence-corrected chi connectivity index (χ2v) is 8.16. The van der Waals surface area contributed by atoms with Crippen molar-refractivity contribution in [1.29, 1.82) is 0 Å². The van der Waals surface area contributed by atoms with Crippen LogP contribution in [0.4, 0.5) is 0 Å². The SMILES string of the molecule is CC[C@@H](C)[C@@H](CO)NC(=O)c1cc(C(=O)c2c(-c3ccc(Br)cc3)noc2C)c[nH]1. The third kappa shape index (κ3) is 4.55. The van der Waals surface area contributed by atoms with Crippen molar-refractivity contribution in [2.45, 2.75) is 33.2 Å². The van der Waals surface area contributed by atoms with E-state index in [1.807, 2.05) is 38.1 Å².